The standard InChI is InChI=1S/C22H38O6/c1-3-27-18-11-7-5-9-15-22(21(25)26,17-13-14-20(23)24)16-10-6-8-12-19-28-4-2/h3-4H,1-2,5-19H2,(H,23,24)(H,25,26). The molecule has 0 aliphatic rings. The molecule has 0 heterocycles. The van der Waals surface area contributed by atoms with Crippen LogP contribution in [0.4, 0.5) is 0 Å². The second-order valence-electron chi connectivity index (χ2n) is 7.24. The number of aliphatic carboxylic acids is 2. The molecule has 0 saturated heterocycles. The van der Waals surface area contributed by atoms with Gasteiger partial charge in [-0.05, 0) is 38.5 Å². The molecule has 0 fully saturated rings. The minimum Gasteiger partial charge on any atom is -0.502 e. The lowest BCUT2D eigenvalue weighted by molar-refractivity contribution is -0.151. The third kappa shape index (κ3) is 13.2. The van der Waals surface area contributed by atoms with E-state index in [0.29, 0.717) is 38.9 Å². The fourth-order valence-electron chi connectivity index (χ4n) is 3.45. The lowest BCUT2D eigenvalue weighted by Crippen LogP contribution is -2.31. The molecule has 0 bridgehead atoms. The molecule has 2 N–H and O–H groups in total. The van der Waals surface area contributed by atoms with E-state index in [9.17, 15) is 14.7 Å². The Bertz CT molecular complexity index is 424. The van der Waals surface area contributed by atoms with Crippen molar-refractivity contribution >= 4 is 11.9 Å². The van der Waals surface area contributed by atoms with Gasteiger partial charge in [-0.3, -0.25) is 9.59 Å². The van der Waals surface area contributed by atoms with Crippen molar-refractivity contribution in [2.24, 2.45) is 5.41 Å². The van der Waals surface area contributed by atoms with Gasteiger partial charge in [-0.1, -0.05) is 51.7 Å². The van der Waals surface area contributed by atoms with Gasteiger partial charge in [-0.15, -0.1) is 0 Å². The normalized spacial score (nSPS) is 11.0. The van der Waals surface area contributed by atoms with Gasteiger partial charge < -0.3 is 19.7 Å². The number of carbonyl (C=O) groups is 2. The highest BCUT2D eigenvalue weighted by Crippen LogP contribution is 2.37. The van der Waals surface area contributed by atoms with Crippen molar-refractivity contribution in [1.29, 1.82) is 0 Å². The van der Waals surface area contributed by atoms with Crippen LogP contribution in [0.5, 0.6) is 0 Å². The van der Waals surface area contributed by atoms with Crippen LogP contribution in [-0.4, -0.2) is 35.4 Å². The lowest BCUT2D eigenvalue weighted by atomic mass is 9.74. The first-order valence-electron chi connectivity index (χ1n) is 10.4. The zero-order valence-electron chi connectivity index (χ0n) is 17.2. The van der Waals surface area contributed by atoms with Gasteiger partial charge in [0.25, 0.3) is 0 Å². The number of ether oxygens (including phenoxy) is 2. The van der Waals surface area contributed by atoms with Crippen LogP contribution >= 0.6 is 0 Å². The van der Waals surface area contributed by atoms with E-state index in [0.717, 1.165) is 51.4 Å². The topological polar surface area (TPSA) is 93.1 Å². The predicted molar refractivity (Wildman–Crippen MR) is 110 cm³/mol. The summed E-state index contributed by atoms with van der Waals surface area (Å²) in [6.45, 7) is 8.29. The molecule has 0 aromatic rings. The monoisotopic (exact) mass is 398 g/mol. The summed E-state index contributed by atoms with van der Waals surface area (Å²) in [7, 11) is 0. The maximum Gasteiger partial charge on any atom is 0.309 e. The Kier molecular flexibility index (Phi) is 15.9. The van der Waals surface area contributed by atoms with E-state index in [4.69, 9.17) is 14.6 Å². The quantitative estimate of drug-likeness (QED) is 0.195. The van der Waals surface area contributed by atoms with Gasteiger partial charge in [-0.25, -0.2) is 0 Å². The first kappa shape index (κ1) is 26.0. The van der Waals surface area contributed by atoms with Gasteiger partial charge in [0, 0.05) is 6.42 Å². The number of hydrogen-bond donors (Lipinski definition) is 2. The van der Waals surface area contributed by atoms with Gasteiger partial charge in [0.05, 0.1) is 31.2 Å². The van der Waals surface area contributed by atoms with E-state index < -0.39 is 17.4 Å². The smallest absolute Gasteiger partial charge is 0.309 e. The van der Waals surface area contributed by atoms with Gasteiger partial charge in [0.2, 0.25) is 0 Å². The van der Waals surface area contributed by atoms with Crippen LogP contribution in [0.1, 0.15) is 83.5 Å². The Balaban J connectivity index is 4.49. The van der Waals surface area contributed by atoms with Gasteiger partial charge in [0.1, 0.15) is 0 Å². The van der Waals surface area contributed by atoms with Crippen molar-refractivity contribution in [3.63, 3.8) is 0 Å². The lowest BCUT2D eigenvalue weighted by Gasteiger charge is -2.30. The largest absolute Gasteiger partial charge is 0.502 e. The Hall–Kier alpha value is -1.98. The fourth-order valence-corrected chi connectivity index (χ4v) is 3.45. The molecule has 162 valence electrons. The average Bonchev–Trinajstić information content (AvgIpc) is 2.65. The van der Waals surface area contributed by atoms with E-state index >= 15 is 0 Å². The third-order valence-electron chi connectivity index (χ3n) is 5.07. The molecule has 0 amide bonds. The van der Waals surface area contributed by atoms with Gasteiger partial charge >= 0.3 is 11.9 Å². The average molecular weight is 399 g/mol. The molecule has 0 rings (SSSR count). The summed E-state index contributed by atoms with van der Waals surface area (Å²) in [6, 6.07) is 0. The first-order valence-corrected chi connectivity index (χ1v) is 10.4. The summed E-state index contributed by atoms with van der Waals surface area (Å²) < 4.78 is 10.2. The highest BCUT2D eigenvalue weighted by Gasteiger charge is 2.36. The van der Waals surface area contributed by atoms with Crippen LogP contribution in [0.2, 0.25) is 0 Å². The molecule has 0 unspecified atom stereocenters. The number of carboxylic acids is 2. The van der Waals surface area contributed by atoms with Crippen LogP contribution in [0, 0.1) is 5.41 Å². The second-order valence-corrected chi connectivity index (χ2v) is 7.24. The van der Waals surface area contributed by atoms with E-state index in [1.54, 1.807) is 0 Å². The maximum atomic E-state index is 12.1. The zero-order valence-corrected chi connectivity index (χ0v) is 17.2. The number of carboxylic acid groups (broad SMARTS) is 2. The van der Waals surface area contributed by atoms with Crippen LogP contribution in [-0.2, 0) is 19.1 Å². The van der Waals surface area contributed by atoms with Crippen LogP contribution in [0.15, 0.2) is 25.7 Å². The SMILES string of the molecule is C=COCCCCCCC(CCCCCCOC=C)(CCCC(=O)O)C(=O)O. The van der Waals surface area contributed by atoms with Gasteiger partial charge in [0.15, 0.2) is 0 Å². The van der Waals surface area contributed by atoms with E-state index in [-0.39, 0.29) is 6.42 Å². The van der Waals surface area contributed by atoms with Crippen molar-refractivity contribution < 1.29 is 29.3 Å². The highest BCUT2D eigenvalue weighted by atomic mass is 16.5. The molecule has 6 heteroatoms. The fraction of sp³-hybridized carbons (Fsp3) is 0.727. The Labute approximate surface area is 169 Å². The van der Waals surface area contributed by atoms with Crippen LogP contribution < -0.4 is 0 Å². The molecule has 0 aromatic carbocycles. The summed E-state index contributed by atoms with van der Waals surface area (Å²) >= 11 is 0. The molecule has 6 nitrogen and oxygen atoms in total. The minimum atomic E-state index is -0.872. The first-order chi connectivity index (χ1) is 13.5. The Morgan fingerprint density at radius 3 is 1.54 bits per heavy atom. The molecule has 28 heavy (non-hydrogen) atoms. The molecule has 0 radical (unpaired) electrons. The summed E-state index contributed by atoms with van der Waals surface area (Å²) in [5, 5.41) is 18.8. The Morgan fingerprint density at radius 1 is 0.714 bits per heavy atom. The number of hydrogen-bond acceptors (Lipinski definition) is 4. The van der Waals surface area contributed by atoms with E-state index in [1.807, 2.05) is 0 Å². The molecule has 0 saturated carbocycles. The van der Waals surface area contributed by atoms with Crippen molar-refractivity contribution in [2.75, 3.05) is 13.2 Å². The molecular formula is C22H38O6. The molecule has 0 aliphatic carbocycles. The Morgan fingerprint density at radius 2 is 1.14 bits per heavy atom. The second kappa shape index (κ2) is 17.1. The van der Waals surface area contributed by atoms with E-state index in [1.165, 1.54) is 12.5 Å². The predicted octanol–water partition coefficient (Wildman–Crippen LogP) is 5.53. The molecule has 0 spiro atoms. The highest BCUT2D eigenvalue weighted by molar-refractivity contribution is 5.74. The van der Waals surface area contributed by atoms with Crippen LogP contribution in [0.3, 0.4) is 0 Å². The van der Waals surface area contributed by atoms with Crippen molar-refractivity contribution in [3.05, 3.63) is 25.7 Å². The molecule has 0 aromatic heterocycles. The van der Waals surface area contributed by atoms with Crippen molar-refractivity contribution in [2.45, 2.75) is 83.5 Å². The molecular weight excluding hydrogens is 360 g/mol. The molecule has 0 atom stereocenters. The number of rotatable bonds is 21. The van der Waals surface area contributed by atoms with E-state index in [2.05, 4.69) is 13.2 Å². The maximum absolute atomic E-state index is 12.1. The zero-order chi connectivity index (χ0) is 21.1. The van der Waals surface area contributed by atoms with Crippen LogP contribution in [0.25, 0.3) is 0 Å². The third-order valence-corrected chi connectivity index (χ3v) is 5.07. The number of unbranched alkanes of at least 4 members (excludes halogenated alkanes) is 6. The summed E-state index contributed by atoms with van der Waals surface area (Å²) in [4.78, 5) is 22.9. The molecule has 0 aliphatic heterocycles. The minimum absolute atomic E-state index is 0.0206. The van der Waals surface area contributed by atoms with Crippen molar-refractivity contribution in [3.8, 4) is 0 Å². The summed E-state index contributed by atoms with van der Waals surface area (Å²) in [6.07, 6.45) is 12.3. The summed E-state index contributed by atoms with van der Waals surface area (Å²) in [5.74, 6) is -1.66. The van der Waals surface area contributed by atoms with Crippen molar-refractivity contribution in [1.82, 2.24) is 0 Å². The summed E-state index contributed by atoms with van der Waals surface area (Å²) in [5.41, 5.74) is -0.815. The van der Waals surface area contributed by atoms with Gasteiger partial charge in [-0.2, -0.15) is 0 Å².